The largest absolute Gasteiger partial charge is 0.367 e. The van der Waals surface area contributed by atoms with Crippen LogP contribution in [0.25, 0.3) is 0 Å². The Morgan fingerprint density at radius 1 is 0.800 bits per heavy atom. The van der Waals surface area contributed by atoms with E-state index in [1.165, 1.54) is 0 Å². The number of aromatic nitrogens is 3. The Hall–Kier alpha value is -3.04. The van der Waals surface area contributed by atoms with Gasteiger partial charge in [0.1, 0.15) is 11.6 Å². The highest BCUT2D eigenvalue weighted by Crippen LogP contribution is 2.19. The number of rotatable bonds is 8. The summed E-state index contributed by atoms with van der Waals surface area (Å²) >= 11 is 0. The van der Waals surface area contributed by atoms with Crippen molar-refractivity contribution in [1.29, 1.82) is 0 Å². The number of hydrogen-bond donors (Lipinski definition) is 3. The maximum atomic E-state index is 12.6. The van der Waals surface area contributed by atoms with Crippen LogP contribution in [0.4, 0.5) is 17.5 Å². The molecule has 0 aliphatic carbocycles. The first-order chi connectivity index (χ1) is 14.2. The van der Waals surface area contributed by atoms with E-state index < -0.39 is 10.0 Å². The summed E-state index contributed by atoms with van der Waals surface area (Å²) in [5, 5.41) is 14.3. The molecule has 30 heavy (non-hydrogen) atoms. The first kappa shape index (κ1) is 21.7. The van der Waals surface area contributed by atoms with Crippen molar-refractivity contribution in [3.8, 4) is 0 Å². The molecule has 0 fully saturated rings. The van der Waals surface area contributed by atoms with Gasteiger partial charge >= 0.3 is 0 Å². The van der Waals surface area contributed by atoms with Gasteiger partial charge in [0, 0.05) is 19.3 Å². The summed E-state index contributed by atoms with van der Waals surface area (Å²) in [6.45, 7) is 8.27. The van der Waals surface area contributed by atoms with Crippen molar-refractivity contribution in [2.24, 2.45) is 0 Å². The summed E-state index contributed by atoms with van der Waals surface area (Å²) < 4.78 is 27.8. The molecule has 0 spiro atoms. The van der Waals surface area contributed by atoms with Crippen LogP contribution < -0.4 is 15.4 Å². The minimum atomic E-state index is -3.57. The normalized spacial score (nSPS) is 11.3. The van der Waals surface area contributed by atoms with Crippen LogP contribution in [-0.4, -0.2) is 36.7 Å². The van der Waals surface area contributed by atoms with Crippen molar-refractivity contribution in [2.45, 2.75) is 32.6 Å². The fourth-order valence-electron chi connectivity index (χ4n) is 2.91. The molecule has 0 aliphatic heterocycles. The van der Waals surface area contributed by atoms with E-state index in [-0.39, 0.29) is 6.54 Å². The van der Waals surface area contributed by atoms with Crippen LogP contribution in [-0.2, 0) is 10.0 Å². The number of sulfonamides is 1. The quantitative estimate of drug-likeness (QED) is 0.475. The van der Waals surface area contributed by atoms with Crippen LogP contribution in [0.5, 0.6) is 0 Å². The zero-order valence-corrected chi connectivity index (χ0v) is 18.3. The molecular formula is C21H26N6O2S. The number of nitrogens with one attached hydrogen (secondary N) is 3. The van der Waals surface area contributed by atoms with Gasteiger partial charge in [0.25, 0.3) is 0 Å². The standard InChI is InChI=1S/C21H26N6O2S/c1-14-7-8-22-21(11-14)25-20-6-5-19(26-27-20)23-9-10-24-30(28,29)18-13-16(3)15(2)12-17(18)4/h5-8,11-13,24H,9-10H2,1-4H3,(H,23,26)(H,22,25,27). The fourth-order valence-corrected chi connectivity index (χ4v) is 4.25. The summed E-state index contributed by atoms with van der Waals surface area (Å²) in [5.74, 6) is 1.82. The lowest BCUT2D eigenvalue weighted by molar-refractivity contribution is 0.582. The lowest BCUT2D eigenvalue weighted by Gasteiger charge is -2.12. The SMILES string of the molecule is Cc1ccnc(Nc2ccc(NCCNS(=O)(=O)c3cc(C)c(C)cc3C)nn2)c1. The third kappa shape index (κ3) is 5.52. The molecule has 0 aliphatic rings. The van der Waals surface area contributed by atoms with E-state index in [4.69, 9.17) is 0 Å². The summed E-state index contributed by atoms with van der Waals surface area (Å²) in [4.78, 5) is 4.53. The predicted octanol–water partition coefficient (Wildman–Crippen LogP) is 3.24. The van der Waals surface area contributed by atoms with Crippen molar-refractivity contribution in [3.63, 3.8) is 0 Å². The van der Waals surface area contributed by atoms with Crippen molar-refractivity contribution >= 4 is 27.5 Å². The fraction of sp³-hybridized carbons (Fsp3) is 0.286. The Labute approximate surface area is 177 Å². The monoisotopic (exact) mass is 426 g/mol. The Bertz CT molecular complexity index is 1130. The van der Waals surface area contributed by atoms with E-state index in [0.29, 0.717) is 28.9 Å². The number of pyridine rings is 1. The van der Waals surface area contributed by atoms with E-state index in [9.17, 15) is 8.42 Å². The molecular weight excluding hydrogens is 400 g/mol. The first-order valence-corrected chi connectivity index (χ1v) is 11.1. The second-order valence-electron chi connectivity index (χ2n) is 7.17. The maximum absolute atomic E-state index is 12.6. The second-order valence-corrected chi connectivity index (χ2v) is 8.91. The maximum Gasteiger partial charge on any atom is 0.240 e. The third-order valence-electron chi connectivity index (χ3n) is 4.64. The molecule has 0 unspecified atom stereocenters. The molecule has 0 saturated heterocycles. The molecule has 158 valence electrons. The molecule has 3 rings (SSSR count). The van der Waals surface area contributed by atoms with E-state index in [0.717, 1.165) is 22.3 Å². The van der Waals surface area contributed by atoms with Crippen molar-refractivity contribution in [2.75, 3.05) is 23.7 Å². The van der Waals surface area contributed by atoms with E-state index in [1.54, 1.807) is 31.3 Å². The lowest BCUT2D eigenvalue weighted by Crippen LogP contribution is -2.29. The smallest absolute Gasteiger partial charge is 0.240 e. The highest BCUT2D eigenvalue weighted by molar-refractivity contribution is 7.89. The topological polar surface area (TPSA) is 109 Å². The molecule has 2 heterocycles. The van der Waals surface area contributed by atoms with E-state index in [1.807, 2.05) is 39.0 Å². The average Bonchev–Trinajstić information content (AvgIpc) is 2.69. The molecule has 3 aromatic rings. The van der Waals surface area contributed by atoms with Gasteiger partial charge in [-0.3, -0.25) is 0 Å². The van der Waals surface area contributed by atoms with Crippen molar-refractivity contribution < 1.29 is 8.42 Å². The van der Waals surface area contributed by atoms with Gasteiger partial charge in [-0.1, -0.05) is 6.07 Å². The summed E-state index contributed by atoms with van der Waals surface area (Å²) in [6.07, 6.45) is 1.72. The molecule has 1 aromatic carbocycles. The van der Waals surface area contributed by atoms with Crippen LogP contribution in [0.1, 0.15) is 22.3 Å². The molecule has 9 heteroatoms. The summed E-state index contributed by atoms with van der Waals surface area (Å²) in [7, 11) is -3.57. The van der Waals surface area contributed by atoms with E-state index in [2.05, 4.69) is 30.5 Å². The number of hydrogen-bond acceptors (Lipinski definition) is 7. The average molecular weight is 427 g/mol. The number of nitrogens with zero attached hydrogens (tertiary/aromatic N) is 3. The molecule has 0 atom stereocenters. The first-order valence-electron chi connectivity index (χ1n) is 9.59. The van der Waals surface area contributed by atoms with Crippen LogP contribution in [0.15, 0.2) is 47.5 Å². The Kier molecular flexibility index (Phi) is 6.63. The summed E-state index contributed by atoms with van der Waals surface area (Å²) in [6, 6.07) is 11.0. The van der Waals surface area contributed by atoms with Gasteiger partial charge in [-0.25, -0.2) is 18.1 Å². The number of benzene rings is 1. The van der Waals surface area contributed by atoms with Gasteiger partial charge in [0.05, 0.1) is 4.90 Å². The van der Waals surface area contributed by atoms with Crippen molar-refractivity contribution in [1.82, 2.24) is 19.9 Å². The predicted molar refractivity (Wildman–Crippen MR) is 119 cm³/mol. The molecule has 3 N–H and O–H groups in total. The summed E-state index contributed by atoms with van der Waals surface area (Å²) in [5.41, 5.74) is 3.85. The number of aryl methyl sites for hydroxylation is 4. The van der Waals surface area contributed by atoms with E-state index >= 15 is 0 Å². The Morgan fingerprint density at radius 2 is 1.50 bits per heavy atom. The van der Waals surface area contributed by atoms with Gasteiger partial charge in [-0.2, -0.15) is 0 Å². The minimum Gasteiger partial charge on any atom is -0.367 e. The zero-order chi connectivity index (χ0) is 21.7. The minimum absolute atomic E-state index is 0.226. The van der Waals surface area contributed by atoms with Crippen LogP contribution in [0.3, 0.4) is 0 Å². The van der Waals surface area contributed by atoms with Crippen LogP contribution in [0.2, 0.25) is 0 Å². The number of anilines is 3. The van der Waals surface area contributed by atoms with Crippen molar-refractivity contribution in [3.05, 3.63) is 64.8 Å². The highest BCUT2D eigenvalue weighted by atomic mass is 32.2. The lowest BCUT2D eigenvalue weighted by atomic mass is 10.1. The Balaban J connectivity index is 1.52. The van der Waals surface area contributed by atoms with Gasteiger partial charge < -0.3 is 10.6 Å². The third-order valence-corrected chi connectivity index (χ3v) is 6.24. The van der Waals surface area contributed by atoms with Crippen LogP contribution >= 0.6 is 0 Å². The molecule has 0 saturated carbocycles. The highest BCUT2D eigenvalue weighted by Gasteiger charge is 2.17. The molecule has 2 aromatic heterocycles. The van der Waals surface area contributed by atoms with Gasteiger partial charge in [0.15, 0.2) is 5.82 Å². The van der Waals surface area contributed by atoms with Gasteiger partial charge in [0.2, 0.25) is 10.0 Å². The Morgan fingerprint density at radius 3 is 2.20 bits per heavy atom. The second kappa shape index (κ2) is 9.19. The van der Waals surface area contributed by atoms with Gasteiger partial charge in [-0.15, -0.1) is 10.2 Å². The zero-order valence-electron chi connectivity index (χ0n) is 17.5. The molecule has 0 radical (unpaired) electrons. The van der Waals surface area contributed by atoms with Gasteiger partial charge in [-0.05, 0) is 80.3 Å². The van der Waals surface area contributed by atoms with Crippen LogP contribution in [0, 0.1) is 27.7 Å². The molecule has 0 amide bonds. The molecule has 0 bridgehead atoms. The molecule has 8 nitrogen and oxygen atoms in total.